The predicted molar refractivity (Wildman–Crippen MR) is 121 cm³/mol. The fourth-order valence-electron chi connectivity index (χ4n) is 3.63. The van der Waals surface area contributed by atoms with Crippen molar-refractivity contribution in [1.82, 2.24) is 20.1 Å². The van der Waals surface area contributed by atoms with E-state index >= 15 is 0 Å². The van der Waals surface area contributed by atoms with Crippen LogP contribution in [0.2, 0.25) is 0 Å². The zero-order valence-electron chi connectivity index (χ0n) is 17.4. The van der Waals surface area contributed by atoms with Crippen molar-refractivity contribution in [2.24, 2.45) is 0 Å². The number of fused-ring (bicyclic) bond motifs is 1. The molecule has 5 aromatic rings. The van der Waals surface area contributed by atoms with Crippen molar-refractivity contribution in [3.8, 4) is 28.4 Å². The molecule has 8 heteroatoms. The molecule has 0 saturated carbocycles. The van der Waals surface area contributed by atoms with Gasteiger partial charge in [0.05, 0.1) is 12.8 Å². The number of carbonyl (C=O) groups excluding carboxylic acids is 1. The largest absolute Gasteiger partial charge is 0.479 e. The number of aromatic nitrogens is 4. The van der Waals surface area contributed by atoms with Gasteiger partial charge in [-0.1, -0.05) is 35.5 Å². The second-order valence-electron chi connectivity index (χ2n) is 7.14. The van der Waals surface area contributed by atoms with Gasteiger partial charge in [-0.2, -0.15) is 0 Å². The molecular formula is C24H19N5O3. The Bertz CT molecular complexity index is 1420. The monoisotopic (exact) mass is 425 g/mol. The smallest absolute Gasteiger partial charge is 0.261 e. The lowest BCUT2D eigenvalue weighted by molar-refractivity contribution is 0.102. The van der Waals surface area contributed by atoms with Gasteiger partial charge in [0, 0.05) is 28.9 Å². The average molecular weight is 425 g/mol. The second-order valence-corrected chi connectivity index (χ2v) is 7.14. The number of benzene rings is 1. The molecule has 8 nitrogen and oxygen atoms in total. The van der Waals surface area contributed by atoms with Gasteiger partial charge in [0.1, 0.15) is 28.4 Å². The minimum absolute atomic E-state index is 0.296. The van der Waals surface area contributed by atoms with Crippen molar-refractivity contribution in [2.45, 2.75) is 6.92 Å². The summed E-state index contributed by atoms with van der Waals surface area (Å²) in [5.74, 6) is 0.368. The van der Waals surface area contributed by atoms with Crippen LogP contribution in [-0.2, 0) is 0 Å². The van der Waals surface area contributed by atoms with Crippen LogP contribution in [0.25, 0.3) is 33.5 Å². The number of nitrogens with one attached hydrogen (secondary N) is 2. The third-order valence-electron chi connectivity index (χ3n) is 5.17. The molecule has 0 unspecified atom stereocenters. The number of hydrogen-bond donors (Lipinski definition) is 2. The lowest BCUT2D eigenvalue weighted by atomic mass is 10.1. The number of carbonyl (C=O) groups is 1. The molecule has 5 rings (SSSR count). The molecule has 2 N–H and O–H groups in total. The highest BCUT2D eigenvalue weighted by Crippen LogP contribution is 2.32. The van der Waals surface area contributed by atoms with Gasteiger partial charge in [0.2, 0.25) is 5.88 Å². The standard InChI is InChI=1S/C24H19N5O3/c1-14-20(21(29-32-14)15-7-4-3-5-8-15)23(30)27-19-11-10-18(28-24(19)31-2)17-13-26-22-16(17)9-6-12-25-22/h3-13H,1-2H3,(H,25,26)(H,27,30). The lowest BCUT2D eigenvalue weighted by Crippen LogP contribution is -2.14. The summed E-state index contributed by atoms with van der Waals surface area (Å²) >= 11 is 0. The van der Waals surface area contributed by atoms with E-state index in [1.165, 1.54) is 7.11 Å². The first-order valence-corrected chi connectivity index (χ1v) is 9.96. The second kappa shape index (κ2) is 7.99. The van der Waals surface area contributed by atoms with E-state index in [0.717, 1.165) is 22.2 Å². The fraction of sp³-hybridized carbons (Fsp3) is 0.0833. The number of hydrogen-bond acceptors (Lipinski definition) is 6. The van der Waals surface area contributed by atoms with Crippen LogP contribution in [0.1, 0.15) is 16.1 Å². The molecule has 0 atom stereocenters. The number of aryl methyl sites for hydroxylation is 1. The summed E-state index contributed by atoms with van der Waals surface area (Å²) < 4.78 is 10.8. The SMILES string of the molecule is COc1nc(-c2c[nH]c3ncccc23)ccc1NC(=O)c1c(-c2ccccc2)noc1C. The highest BCUT2D eigenvalue weighted by atomic mass is 16.5. The zero-order valence-corrected chi connectivity index (χ0v) is 17.4. The molecular weight excluding hydrogens is 406 g/mol. The summed E-state index contributed by atoms with van der Waals surface area (Å²) in [4.78, 5) is 25.2. The number of anilines is 1. The van der Waals surface area contributed by atoms with Crippen LogP contribution in [0.4, 0.5) is 5.69 Å². The van der Waals surface area contributed by atoms with Crippen LogP contribution in [-0.4, -0.2) is 33.1 Å². The highest BCUT2D eigenvalue weighted by molar-refractivity contribution is 6.09. The highest BCUT2D eigenvalue weighted by Gasteiger charge is 2.23. The Kier molecular flexibility index (Phi) is 4.87. The van der Waals surface area contributed by atoms with Gasteiger partial charge >= 0.3 is 0 Å². The summed E-state index contributed by atoms with van der Waals surface area (Å²) in [5.41, 5.74) is 4.45. The summed E-state index contributed by atoms with van der Waals surface area (Å²) in [5, 5.41) is 7.90. The van der Waals surface area contributed by atoms with Crippen LogP contribution in [0.15, 0.2) is 71.5 Å². The molecule has 0 saturated heterocycles. The van der Waals surface area contributed by atoms with Gasteiger partial charge in [0.15, 0.2) is 0 Å². The van der Waals surface area contributed by atoms with E-state index < -0.39 is 0 Å². The van der Waals surface area contributed by atoms with Crippen molar-refractivity contribution in [2.75, 3.05) is 12.4 Å². The third-order valence-corrected chi connectivity index (χ3v) is 5.17. The van der Waals surface area contributed by atoms with Crippen molar-refractivity contribution >= 4 is 22.6 Å². The van der Waals surface area contributed by atoms with Gasteiger partial charge in [-0.05, 0) is 31.2 Å². The van der Waals surface area contributed by atoms with Crippen molar-refractivity contribution in [3.63, 3.8) is 0 Å². The molecule has 0 radical (unpaired) electrons. The summed E-state index contributed by atoms with van der Waals surface area (Å²) in [7, 11) is 1.51. The first kappa shape index (κ1) is 19.5. The molecule has 0 aliphatic heterocycles. The van der Waals surface area contributed by atoms with E-state index in [4.69, 9.17) is 9.26 Å². The molecule has 1 amide bonds. The van der Waals surface area contributed by atoms with Gasteiger partial charge in [-0.3, -0.25) is 4.79 Å². The molecule has 4 aromatic heterocycles. The molecule has 158 valence electrons. The maximum absolute atomic E-state index is 13.1. The van der Waals surface area contributed by atoms with Gasteiger partial charge in [-0.15, -0.1) is 0 Å². The molecule has 0 fully saturated rings. The van der Waals surface area contributed by atoms with E-state index in [1.54, 1.807) is 19.2 Å². The molecule has 0 bridgehead atoms. The maximum atomic E-state index is 13.1. The molecule has 0 aliphatic rings. The Balaban J connectivity index is 1.48. The Hall–Kier alpha value is -4.46. The summed E-state index contributed by atoms with van der Waals surface area (Å²) in [6.07, 6.45) is 3.58. The van der Waals surface area contributed by atoms with Gasteiger partial charge in [-0.25, -0.2) is 9.97 Å². The quantitative estimate of drug-likeness (QED) is 0.417. The van der Waals surface area contributed by atoms with Crippen molar-refractivity contribution in [1.29, 1.82) is 0 Å². The number of aromatic amines is 1. The normalized spacial score (nSPS) is 10.9. The molecule has 0 spiro atoms. The molecule has 4 heterocycles. The average Bonchev–Trinajstić information content (AvgIpc) is 3.43. The number of nitrogens with zero attached hydrogens (tertiary/aromatic N) is 3. The van der Waals surface area contributed by atoms with Crippen molar-refractivity contribution < 1.29 is 14.1 Å². The number of pyridine rings is 2. The minimum atomic E-state index is -0.355. The van der Waals surface area contributed by atoms with Gasteiger partial charge < -0.3 is 19.6 Å². The fourth-order valence-corrected chi connectivity index (χ4v) is 3.63. The maximum Gasteiger partial charge on any atom is 0.261 e. The van der Waals surface area contributed by atoms with Crippen LogP contribution in [0, 0.1) is 6.92 Å². The van der Waals surface area contributed by atoms with E-state index in [9.17, 15) is 4.79 Å². The number of rotatable bonds is 5. The Morgan fingerprint density at radius 1 is 1.09 bits per heavy atom. The third kappa shape index (κ3) is 3.37. The first-order valence-electron chi connectivity index (χ1n) is 9.96. The topological polar surface area (TPSA) is 106 Å². The number of amides is 1. The molecule has 0 aliphatic carbocycles. The first-order chi connectivity index (χ1) is 15.7. The lowest BCUT2D eigenvalue weighted by Gasteiger charge is -2.11. The van der Waals surface area contributed by atoms with Crippen LogP contribution in [0.5, 0.6) is 5.88 Å². The molecule has 32 heavy (non-hydrogen) atoms. The van der Waals surface area contributed by atoms with Crippen LogP contribution in [0.3, 0.4) is 0 Å². The Morgan fingerprint density at radius 3 is 2.75 bits per heavy atom. The van der Waals surface area contributed by atoms with Crippen LogP contribution < -0.4 is 10.1 Å². The zero-order chi connectivity index (χ0) is 22.1. The predicted octanol–water partition coefficient (Wildman–Crippen LogP) is 4.85. The Morgan fingerprint density at radius 2 is 1.94 bits per heavy atom. The van der Waals surface area contributed by atoms with Gasteiger partial charge in [0.25, 0.3) is 5.91 Å². The number of ether oxygens (including phenoxy) is 1. The van der Waals surface area contributed by atoms with Crippen molar-refractivity contribution in [3.05, 3.63) is 78.3 Å². The van der Waals surface area contributed by atoms with E-state index in [-0.39, 0.29) is 5.91 Å². The number of H-pyrrole nitrogens is 1. The summed E-state index contributed by atoms with van der Waals surface area (Å²) in [6, 6.07) is 16.8. The van der Waals surface area contributed by atoms with E-state index in [2.05, 4.69) is 25.4 Å². The Labute approximate surface area is 183 Å². The molecule has 1 aromatic carbocycles. The number of methoxy groups -OCH3 is 1. The minimum Gasteiger partial charge on any atom is -0.479 e. The summed E-state index contributed by atoms with van der Waals surface area (Å²) in [6.45, 7) is 1.71. The van der Waals surface area contributed by atoms with Crippen LogP contribution >= 0.6 is 0 Å². The van der Waals surface area contributed by atoms with E-state index in [1.807, 2.05) is 54.7 Å². The van der Waals surface area contributed by atoms with E-state index in [0.29, 0.717) is 34.3 Å².